The number of H-pyrrole nitrogens is 1. The Bertz CT molecular complexity index is 1030. The monoisotopic (exact) mass is 321 g/mol. The number of fused-ring (bicyclic) bond motifs is 2. The first-order valence-electron chi connectivity index (χ1n) is 7.97. The van der Waals surface area contributed by atoms with Crippen LogP contribution in [0.4, 0.5) is 0 Å². The highest BCUT2D eigenvalue weighted by Gasteiger charge is 2.30. The maximum Gasteiger partial charge on any atom is 0.236 e. The van der Waals surface area contributed by atoms with Gasteiger partial charge in [0.2, 0.25) is 11.7 Å². The summed E-state index contributed by atoms with van der Waals surface area (Å²) < 4.78 is 7.53. The molecule has 1 N–H and O–H groups in total. The second-order valence-corrected chi connectivity index (χ2v) is 6.13. The summed E-state index contributed by atoms with van der Waals surface area (Å²) in [5.41, 5.74) is 4.74. The molecule has 0 aliphatic heterocycles. The molecule has 24 heavy (non-hydrogen) atoms. The Kier molecular flexibility index (Phi) is 2.79. The Morgan fingerprint density at radius 3 is 3.21 bits per heavy atom. The lowest BCUT2D eigenvalue weighted by Gasteiger charge is -2.15. The van der Waals surface area contributed by atoms with Crippen molar-refractivity contribution in [3.63, 3.8) is 0 Å². The van der Waals surface area contributed by atoms with E-state index in [1.54, 1.807) is 6.20 Å². The molecule has 0 spiro atoms. The molecule has 4 aromatic rings. The highest BCUT2D eigenvalue weighted by Crippen LogP contribution is 2.34. The molecule has 0 amide bonds. The number of hydrogen-bond donors (Lipinski definition) is 1. The maximum absolute atomic E-state index is 5.55. The molecular weight excluding hydrogens is 306 g/mol. The van der Waals surface area contributed by atoms with Crippen LogP contribution in [-0.4, -0.2) is 34.9 Å². The van der Waals surface area contributed by atoms with Crippen LogP contribution in [0.25, 0.3) is 17.2 Å². The fourth-order valence-electron chi connectivity index (χ4n) is 3.31. The van der Waals surface area contributed by atoms with Gasteiger partial charge in [0, 0.05) is 6.20 Å². The number of aromatic amines is 1. The number of pyridine rings is 1. The van der Waals surface area contributed by atoms with E-state index in [0.29, 0.717) is 11.7 Å². The maximum atomic E-state index is 5.55. The predicted molar refractivity (Wildman–Crippen MR) is 84.4 cm³/mol. The Balaban J connectivity index is 1.57. The van der Waals surface area contributed by atoms with E-state index in [1.165, 1.54) is 0 Å². The van der Waals surface area contributed by atoms with Crippen LogP contribution in [0.1, 0.15) is 41.6 Å². The van der Waals surface area contributed by atoms with Crippen molar-refractivity contribution in [3.05, 3.63) is 47.4 Å². The molecule has 1 unspecified atom stereocenters. The van der Waals surface area contributed by atoms with Crippen LogP contribution in [0, 0.1) is 6.92 Å². The number of imidazole rings is 1. The standard InChI is InChI=1S/C16H15N7O/c1-9-5-6-13-17-7-12(23(13)8-9)15-18-16(24-21-15)10-3-2-4-11-14(10)20-22-19-11/h5-8,10H,2-4H2,1H3,(H,19,20,22). The number of hydrogen-bond acceptors (Lipinski definition) is 6. The van der Waals surface area contributed by atoms with Gasteiger partial charge in [-0.05, 0) is 37.8 Å². The van der Waals surface area contributed by atoms with Crippen LogP contribution in [0.3, 0.4) is 0 Å². The second kappa shape index (κ2) is 4.98. The zero-order chi connectivity index (χ0) is 16.1. The summed E-state index contributed by atoms with van der Waals surface area (Å²) in [7, 11) is 0. The second-order valence-electron chi connectivity index (χ2n) is 6.13. The number of nitrogens with zero attached hydrogens (tertiary/aromatic N) is 6. The quantitative estimate of drug-likeness (QED) is 0.608. The summed E-state index contributed by atoms with van der Waals surface area (Å²) in [6.45, 7) is 2.04. The van der Waals surface area contributed by atoms with Gasteiger partial charge in [-0.1, -0.05) is 11.2 Å². The van der Waals surface area contributed by atoms with E-state index < -0.39 is 0 Å². The lowest BCUT2D eigenvalue weighted by Crippen LogP contribution is -2.11. The van der Waals surface area contributed by atoms with Crippen molar-refractivity contribution >= 4 is 5.65 Å². The van der Waals surface area contributed by atoms with Crippen LogP contribution in [0.2, 0.25) is 0 Å². The van der Waals surface area contributed by atoms with Crippen molar-refractivity contribution < 1.29 is 4.52 Å². The van der Waals surface area contributed by atoms with E-state index in [0.717, 1.165) is 47.6 Å². The molecule has 4 aromatic heterocycles. The van der Waals surface area contributed by atoms with Crippen LogP contribution < -0.4 is 0 Å². The van der Waals surface area contributed by atoms with E-state index in [-0.39, 0.29) is 5.92 Å². The lowest BCUT2D eigenvalue weighted by molar-refractivity contribution is 0.352. The van der Waals surface area contributed by atoms with Gasteiger partial charge in [0.25, 0.3) is 0 Å². The van der Waals surface area contributed by atoms with Crippen LogP contribution in [-0.2, 0) is 6.42 Å². The molecule has 0 saturated heterocycles. The Labute approximate surface area is 136 Å². The van der Waals surface area contributed by atoms with Gasteiger partial charge in [-0.2, -0.15) is 20.4 Å². The van der Waals surface area contributed by atoms with Crippen molar-refractivity contribution in [2.24, 2.45) is 0 Å². The SMILES string of the molecule is Cc1ccc2ncc(-c3noc(C4CCCc5n[nH]nc54)n3)n2c1. The van der Waals surface area contributed by atoms with Gasteiger partial charge in [0.05, 0.1) is 23.5 Å². The van der Waals surface area contributed by atoms with Gasteiger partial charge in [-0.25, -0.2) is 4.98 Å². The first-order chi connectivity index (χ1) is 11.8. The molecule has 0 radical (unpaired) electrons. The molecule has 4 heterocycles. The van der Waals surface area contributed by atoms with Crippen LogP contribution in [0.5, 0.6) is 0 Å². The molecule has 8 heteroatoms. The highest BCUT2D eigenvalue weighted by atomic mass is 16.5. The Morgan fingerprint density at radius 2 is 2.25 bits per heavy atom. The first-order valence-corrected chi connectivity index (χ1v) is 7.97. The van der Waals surface area contributed by atoms with Gasteiger partial charge in [-0.15, -0.1) is 0 Å². The molecule has 0 bridgehead atoms. The van der Waals surface area contributed by atoms with Crippen molar-refractivity contribution in [3.8, 4) is 11.5 Å². The molecule has 1 aliphatic rings. The first kappa shape index (κ1) is 13.4. The lowest BCUT2D eigenvalue weighted by atomic mass is 9.90. The van der Waals surface area contributed by atoms with E-state index in [2.05, 4.69) is 30.5 Å². The number of rotatable bonds is 2. The minimum atomic E-state index is 0.00896. The van der Waals surface area contributed by atoms with Crippen LogP contribution >= 0.6 is 0 Å². The summed E-state index contributed by atoms with van der Waals surface area (Å²) in [5.74, 6) is 1.14. The molecular formula is C16H15N7O. The fraction of sp³-hybridized carbons (Fsp3) is 0.312. The number of aromatic nitrogens is 7. The smallest absolute Gasteiger partial charge is 0.236 e. The van der Waals surface area contributed by atoms with Gasteiger partial charge < -0.3 is 4.52 Å². The molecule has 1 atom stereocenters. The van der Waals surface area contributed by atoms with Gasteiger partial charge in [0.15, 0.2) is 0 Å². The van der Waals surface area contributed by atoms with E-state index in [4.69, 9.17) is 4.52 Å². The largest absolute Gasteiger partial charge is 0.338 e. The van der Waals surface area contributed by atoms with E-state index in [1.807, 2.05) is 29.7 Å². The average molecular weight is 321 g/mol. The summed E-state index contributed by atoms with van der Waals surface area (Å²) in [6.07, 6.45) is 6.70. The third-order valence-electron chi connectivity index (χ3n) is 4.51. The topological polar surface area (TPSA) is 97.8 Å². The van der Waals surface area contributed by atoms with Crippen molar-refractivity contribution in [2.75, 3.05) is 0 Å². The Hall–Kier alpha value is -3.03. The summed E-state index contributed by atoms with van der Waals surface area (Å²) in [6, 6.07) is 4.00. The summed E-state index contributed by atoms with van der Waals surface area (Å²) >= 11 is 0. The zero-order valence-electron chi connectivity index (χ0n) is 13.1. The van der Waals surface area contributed by atoms with Gasteiger partial charge in [0.1, 0.15) is 11.3 Å². The van der Waals surface area contributed by atoms with Crippen LogP contribution in [0.15, 0.2) is 29.0 Å². The molecule has 0 aromatic carbocycles. The van der Waals surface area contributed by atoms with E-state index >= 15 is 0 Å². The highest BCUT2D eigenvalue weighted by molar-refractivity contribution is 5.56. The normalized spacial score (nSPS) is 17.3. The van der Waals surface area contributed by atoms with Crippen molar-refractivity contribution in [1.82, 2.24) is 34.9 Å². The molecule has 5 rings (SSSR count). The number of aryl methyl sites for hydroxylation is 2. The third-order valence-corrected chi connectivity index (χ3v) is 4.51. The third kappa shape index (κ3) is 1.96. The summed E-state index contributed by atoms with van der Waals surface area (Å²) in [4.78, 5) is 9.01. The minimum Gasteiger partial charge on any atom is -0.338 e. The molecule has 1 aliphatic carbocycles. The molecule has 120 valence electrons. The molecule has 8 nitrogen and oxygen atoms in total. The van der Waals surface area contributed by atoms with E-state index in [9.17, 15) is 0 Å². The molecule has 0 fully saturated rings. The fourth-order valence-corrected chi connectivity index (χ4v) is 3.31. The summed E-state index contributed by atoms with van der Waals surface area (Å²) in [5, 5.41) is 15.3. The Morgan fingerprint density at radius 1 is 1.29 bits per heavy atom. The van der Waals surface area contributed by atoms with Gasteiger partial charge in [-0.3, -0.25) is 4.40 Å². The minimum absolute atomic E-state index is 0.00896. The number of nitrogens with one attached hydrogen (secondary N) is 1. The predicted octanol–water partition coefficient (Wildman–Crippen LogP) is 2.28. The van der Waals surface area contributed by atoms with Gasteiger partial charge >= 0.3 is 0 Å². The zero-order valence-corrected chi connectivity index (χ0v) is 13.1. The van der Waals surface area contributed by atoms with Crippen molar-refractivity contribution in [1.29, 1.82) is 0 Å². The average Bonchev–Trinajstić information content (AvgIpc) is 3.32. The molecule has 0 saturated carbocycles. The van der Waals surface area contributed by atoms with Crippen molar-refractivity contribution in [2.45, 2.75) is 32.1 Å².